The van der Waals surface area contributed by atoms with Crippen molar-refractivity contribution in [1.82, 2.24) is 4.98 Å². The van der Waals surface area contributed by atoms with Gasteiger partial charge >= 0.3 is 0 Å². The van der Waals surface area contributed by atoms with Crippen LogP contribution in [0, 0.1) is 20.8 Å². The average Bonchev–Trinajstić information content (AvgIpc) is 2.47. The molecule has 14 heavy (non-hydrogen) atoms. The zero-order valence-electron chi connectivity index (χ0n) is 8.64. The number of benzene rings is 1. The number of aromatic amines is 1. The van der Waals surface area contributed by atoms with Gasteiger partial charge in [-0.05, 0) is 31.9 Å². The van der Waals surface area contributed by atoms with E-state index in [1.165, 1.54) is 11.1 Å². The third-order valence-electron chi connectivity index (χ3n) is 2.82. The highest BCUT2D eigenvalue weighted by Crippen LogP contribution is 2.26. The quantitative estimate of drug-likeness (QED) is 0.684. The number of aromatic nitrogens is 1. The van der Waals surface area contributed by atoms with Gasteiger partial charge in [-0.3, -0.25) is 4.79 Å². The first-order valence-corrected chi connectivity index (χ1v) is 4.69. The van der Waals surface area contributed by atoms with E-state index in [4.69, 9.17) is 0 Å². The van der Waals surface area contributed by atoms with E-state index in [-0.39, 0.29) is 0 Å². The number of rotatable bonds is 1. The van der Waals surface area contributed by atoms with Crippen LogP contribution < -0.4 is 0 Å². The molecule has 1 aromatic carbocycles. The van der Waals surface area contributed by atoms with Crippen LogP contribution in [0.4, 0.5) is 0 Å². The van der Waals surface area contributed by atoms with Crippen LogP contribution in [-0.2, 0) is 0 Å². The van der Waals surface area contributed by atoms with Gasteiger partial charge in [-0.15, -0.1) is 0 Å². The Morgan fingerprint density at radius 1 is 1.21 bits per heavy atom. The third-order valence-corrected chi connectivity index (χ3v) is 2.82. The summed E-state index contributed by atoms with van der Waals surface area (Å²) < 4.78 is 0. The molecule has 0 bridgehead atoms. The van der Waals surface area contributed by atoms with E-state index in [0.29, 0.717) is 0 Å². The van der Waals surface area contributed by atoms with E-state index in [1.54, 1.807) is 0 Å². The van der Waals surface area contributed by atoms with E-state index in [2.05, 4.69) is 4.98 Å². The van der Waals surface area contributed by atoms with Gasteiger partial charge in [-0.25, -0.2) is 0 Å². The van der Waals surface area contributed by atoms with E-state index >= 15 is 0 Å². The molecule has 2 nitrogen and oxygen atoms in total. The Kier molecular flexibility index (Phi) is 1.92. The van der Waals surface area contributed by atoms with Crippen LogP contribution in [0.3, 0.4) is 0 Å². The molecule has 0 unspecified atom stereocenters. The number of aryl methyl sites for hydroxylation is 3. The van der Waals surface area contributed by atoms with Crippen molar-refractivity contribution >= 4 is 17.2 Å². The highest BCUT2D eigenvalue weighted by Gasteiger charge is 2.09. The summed E-state index contributed by atoms with van der Waals surface area (Å²) in [7, 11) is 0. The zero-order valence-corrected chi connectivity index (χ0v) is 8.64. The number of aldehydes is 1. The molecule has 2 rings (SSSR count). The van der Waals surface area contributed by atoms with Crippen molar-refractivity contribution in [2.24, 2.45) is 0 Å². The van der Waals surface area contributed by atoms with Gasteiger partial charge in [-0.2, -0.15) is 0 Å². The third kappa shape index (κ3) is 1.07. The number of fused-ring (bicyclic) bond motifs is 1. The normalized spacial score (nSPS) is 10.8. The van der Waals surface area contributed by atoms with Crippen molar-refractivity contribution in [2.45, 2.75) is 20.8 Å². The van der Waals surface area contributed by atoms with Crippen LogP contribution in [0.2, 0.25) is 0 Å². The summed E-state index contributed by atoms with van der Waals surface area (Å²) in [5.41, 5.74) is 5.35. The molecule has 0 aliphatic carbocycles. The molecule has 1 N–H and O–H groups in total. The molecule has 0 saturated heterocycles. The minimum absolute atomic E-state index is 0.771. The lowest BCUT2D eigenvalue weighted by molar-refractivity contribution is 0.112. The maximum Gasteiger partial charge on any atom is 0.150 e. The summed E-state index contributed by atoms with van der Waals surface area (Å²) in [5.74, 6) is 0. The topological polar surface area (TPSA) is 32.9 Å². The van der Waals surface area contributed by atoms with Crippen LogP contribution in [0.1, 0.15) is 27.2 Å². The largest absolute Gasteiger partial charge is 0.358 e. The monoisotopic (exact) mass is 187 g/mol. The predicted molar refractivity (Wildman–Crippen MR) is 57.9 cm³/mol. The summed E-state index contributed by atoms with van der Waals surface area (Å²) in [6.07, 6.45) is 0.919. The molecule has 0 aliphatic heterocycles. The minimum Gasteiger partial charge on any atom is -0.358 e. The molecular weight excluding hydrogens is 174 g/mol. The summed E-state index contributed by atoms with van der Waals surface area (Å²) in [6, 6.07) is 3.85. The van der Waals surface area contributed by atoms with Crippen molar-refractivity contribution in [3.05, 3.63) is 34.5 Å². The summed E-state index contributed by atoms with van der Waals surface area (Å²) in [6.45, 7) is 6.12. The lowest BCUT2D eigenvalue weighted by atomic mass is 10.0. The summed E-state index contributed by atoms with van der Waals surface area (Å²) >= 11 is 0. The van der Waals surface area contributed by atoms with E-state index in [1.807, 2.05) is 32.9 Å². The van der Waals surface area contributed by atoms with E-state index in [0.717, 1.165) is 28.4 Å². The van der Waals surface area contributed by atoms with Crippen molar-refractivity contribution in [1.29, 1.82) is 0 Å². The SMILES string of the molecule is Cc1[nH]c2c(C)ccc(C=O)c2c1C. The average molecular weight is 187 g/mol. The lowest BCUT2D eigenvalue weighted by Gasteiger charge is -1.99. The lowest BCUT2D eigenvalue weighted by Crippen LogP contribution is -1.85. The van der Waals surface area contributed by atoms with Gasteiger partial charge in [0.2, 0.25) is 0 Å². The van der Waals surface area contributed by atoms with Gasteiger partial charge in [0.05, 0.1) is 0 Å². The number of hydrogen-bond acceptors (Lipinski definition) is 1. The Balaban J connectivity index is 2.99. The van der Waals surface area contributed by atoms with Gasteiger partial charge in [0.15, 0.2) is 6.29 Å². The van der Waals surface area contributed by atoms with Crippen LogP contribution in [-0.4, -0.2) is 11.3 Å². The van der Waals surface area contributed by atoms with Crippen LogP contribution >= 0.6 is 0 Å². The second-order valence-corrected chi connectivity index (χ2v) is 3.71. The Morgan fingerprint density at radius 3 is 2.57 bits per heavy atom. The van der Waals surface area contributed by atoms with Crippen LogP contribution in [0.25, 0.3) is 10.9 Å². The fraction of sp³-hybridized carbons (Fsp3) is 0.250. The molecule has 72 valence electrons. The first kappa shape index (κ1) is 9.00. The Labute approximate surface area is 82.9 Å². The second kappa shape index (κ2) is 2.98. The molecule has 0 atom stereocenters. The van der Waals surface area contributed by atoms with Crippen molar-refractivity contribution in [3.8, 4) is 0 Å². The number of carbonyl (C=O) groups excluding carboxylic acids is 1. The molecule has 0 radical (unpaired) electrons. The standard InChI is InChI=1S/C12H13NO/c1-7-4-5-10(6-14)11-8(2)9(3)13-12(7)11/h4-6,13H,1-3H3. The Bertz CT molecular complexity index is 509. The molecule has 0 spiro atoms. The van der Waals surface area contributed by atoms with Crippen LogP contribution in [0.15, 0.2) is 12.1 Å². The first-order valence-electron chi connectivity index (χ1n) is 4.69. The van der Waals surface area contributed by atoms with E-state index < -0.39 is 0 Å². The van der Waals surface area contributed by atoms with Crippen LogP contribution in [0.5, 0.6) is 0 Å². The van der Waals surface area contributed by atoms with Crippen molar-refractivity contribution in [3.63, 3.8) is 0 Å². The maximum absolute atomic E-state index is 10.9. The predicted octanol–water partition coefficient (Wildman–Crippen LogP) is 2.91. The number of carbonyl (C=O) groups is 1. The molecule has 1 aromatic heterocycles. The Morgan fingerprint density at radius 2 is 1.93 bits per heavy atom. The molecule has 0 amide bonds. The molecule has 0 fully saturated rings. The highest BCUT2D eigenvalue weighted by molar-refractivity contribution is 6.00. The van der Waals surface area contributed by atoms with Gasteiger partial charge < -0.3 is 4.98 Å². The van der Waals surface area contributed by atoms with Crippen molar-refractivity contribution < 1.29 is 4.79 Å². The van der Waals surface area contributed by atoms with Crippen molar-refractivity contribution in [2.75, 3.05) is 0 Å². The highest BCUT2D eigenvalue weighted by atomic mass is 16.1. The molecule has 2 heteroatoms. The first-order chi connectivity index (χ1) is 6.65. The fourth-order valence-corrected chi connectivity index (χ4v) is 1.86. The molecule has 0 aliphatic rings. The molecular formula is C12H13NO. The second-order valence-electron chi connectivity index (χ2n) is 3.71. The van der Waals surface area contributed by atoms with Gasteiger partial charge in [0.25, 0.3) is 0 Å². The Hall–Kier alpha value is -1.57. The van der Waals surface area contributed by atoms with Gasteiger partial charge in [0, 0.05) is 22.2 Å². The summed E-state index contributed by atoms with van der Waals surface area (Å²) in [4.78, 5) is 14.2. The molecule has 0 saturated carbocycles. The smallest absolute Gasteiger partial charge is 0.150 e. The number of hydrogen-bond donors (Lipinski definition) is 1. The fourth-order valence-electron chi connectivity index (χ4n) is 1.86. The molecule has 1 heterocycles. The number of nitrogens with one attached hydrogen (secondary N) is 1. The summed E-state index contributed by atoms with van der Waals surface area (Å²) in [5, 5.41) is 1.07. The zero-order chi connectivity index (χ0) is 10.3. The minimum atomic E-state index is 0.771. The van der Waals surface area contributed by atoms with Gasteiger partial charge in [0.1, 0.15) is 0 Å². The maximum atomic E-state index is 10.9. The van der Waals surface area contributed by atoms with E-state index in [9.17, 15) is 4.79 Å². The number of H-pyrrole nitrogens is 1. The van der Waals surface area contributed by atoms with Gasteiger partial charge in [-0.1, -0.05) is 12.1 Å². The molecule has 2 aromatic rings.